The highest BCUT2D eigenvalue weighted by atomic mass is 35.5. The van der Waals surface area contributed by atoms with Crippen LogP contribution in [0, 0.1) is 0 Å². The van der Waals surface area contributed by atoms with Crippen LogP contribution in [0.3, 0.4) is 0 Å². The summed E-state index contributed by atoms with van der Waals surface area (Å²) in [4.78, 5) is 26.5. The minimum Gasteiger partial charge on any atom is -0.369 e. The first-order chi connectivity index (χ1) is 13.3. The molecule has 0 bridgehead atoms. The van der Waals surface area contributed by atoms with Crippen molar-refractivity contribution in [1.29, 1.82) is 0 Å². The molecule has 0 unspecified atom stereocenters. The first-order valence-electron chi connectivity index (χ1n) is 8.73. The van der Waals surface area contributed by atoms with Gasteiger partial charge in [-0.15, -0.1) is 0 Å². The molecule has 1 saturated heterocycles. The van der Waals surface area contributed by atoms with Gasteiger partial charge in [0, 0.05) is 18.8 Å². The summed E-state index contributed by atoms with van der Waals surface area (Å²) in [5.74, 6) is -0.685. The standard InChI is InChI=1S/C18H18ClF3N4O2/c19-16-14(25-7-2-1-3-8-25)10-23-26(17(16)28)11-15(27)24-13-6-4-5-12(9-13)18(20,21)22/h4-6,9-10H,1-3,7-8,11H2,(H,24,27). The highest BCUT2D eigenvalue weighted by Crippen LogP contribution is 2.30. The van der Waals surface area contributed by atoms with Crippen molar-refractivity contribution >= 4 is 28.9 Å². The van der Waals surface area contributed by atoms with Crippen molar-refractivity contribution in [3.63, 3.8) is 0 Å². The van der Waals surface area contributed by atoms with Crippen molar-refractivity contribution in [3.05, 3.63) is 51.4 Å². The molecular formula is C18H18ClF3N4O2. The lowest BCUT2D eigenvalue weighted by atomic mass is 10.1. The fourth-order valence-electron chi connectivity index (χ4n) is 3.03. The zero-order valence-electron chi connectivity index (χ0n) is 14.8. The largest absolute Gasteiger partial charge is 0.416 e. The number of alkyl halides is 3. The number of aromatic nitrogens is 2. The molecule has 6 nitrogen and oxygen atoms in total. The number of rotatable bonds is 4. The molecule has 1 aromatic carbocycles. The summed E-state index contributed by atoms with van der Waals surface area (Å²) in [6, 6.07) is 4.24. The summed E-state index contributed by atoms with van der Waals surface area (Å²) in [5.41, 5.74) is -0.997. The van der Waals surface area contributed by atoms with Crippen molar-refractivity contribution in [2.45, 2.75) is 32.0 Å². The molecule has 150 valence electrons. The first-order valence-corrected chi connectivity index (χ1v) is 9.11. The Bertz CT molecular complexity index is 924. The maximum atomic E-state index is 12.8. The lowest BCUT2D eigenvalue weighted by molar-refractivity contribution is -0.137. The molecular weight excluding hydrogens is 397 g/mol. The van der Waals surface area contributed by atoms with Gasteiger partial charge in [0.15, 0.2) is 0 Å². The molecule has 2 heterocycles. The monoisotopic (exact) mass is 414 g/mol. The van der Waals surface area contributed by atoms with Gasteiger partial charge in [-0.3, -0.25) is 9.59 Å². The summed E-state index contributed by atoms with van der Waals surface area (Å²) >= 11 is 6.17. The number of halogens is 4. The van der Waals surface area contributed by atoms with Crippen molar-refractivity contribution in [2.24, 2.45) is 0 Å². The quantitative estimate of drug-likeness (QED) is 0.831. The van der Waals surface area contributed by atoms with Gasteiger partial charge < -0.3 is 10.2 Å². The van der Waals surface area contributed by atoms with Gasteiger partial charge in [0.25, 0.3) is 5.56 Å². The molecule has 1 amide bonds. The van der Waals surface area contributed by atoms with Crippen molar-refractivity contribution in [3.8, 4) is 0 Å². The topological polar surface area (TPSA) is 67.2 Å². The van der Waals surface area contributed by atoms with Gasteiger partial charge in [-0.05, 0) is 37.5 Å². The third-order valence-corrected chi connectivity index (χ3v) is 4.79. The zero-order chi connectivity index (χ0) is 20.3. The molecule has 1 N–H and O–H groups in total. The predicted molar refractivity (Wildman–Crippen MR) is 99.6 cm³/mol. The summed E-state index contributed by atoms with van der Waals surface area (Å²) < 4.78 is 39.1. The molecule has 0 aliphatic carbocycles. The van der Waals surface area contributed by atoms with E-state index < -0.39 is 29.8 Å². The van der Waals surface area contributed by atoms with Crippen LogP contribution in [0.25, 0.3) is 0 Å². The molecule has 1 aliphatic rings. The van der Waals surface area contributed by atoms with Crippen LogP contribution in [-0.4, -0.2) is 28.8 Å². The van der Waals surface area contributed by atoms with Crippen molar-refractivity contribution < 1.29 is 18.0 Å². The number of carbonyl (C=O) groups is 1. The van der Waals surface area contributed by atoms with E-state index in [1.165, 1.54) is 18.3 Å². The van der Waals surface area contributed by atoms with E-state index in [2.05, 4.69) is 10.4 Å². The molecule has 0 atom stereocenters. The lowest BCUT2D eigenvalue weighted by Gasteiger charge is -2.29. The van der Waals surface area contributed by atoms with Gasteiger partial charge in [0.1, 0.15) is 11.6 Å². The maximum Gasteiger partial charge on any atom is 0.416 e. The Morgan fingerprint density at radius 2 is 1.93 bits per heavy atom. The van der Waals surface area contributed by atoms with Crippen molar-refractivity contribution in [1.82, 2.24) is 9.78 Å². The second-order valence-electron chi connectivity index (χ2n) is 6.48. The fourth-order valence-corrected chi connectivity index (χ4v) is 3.30. The van der Waals surface area contributed by atoms with Gasteiger partial charge in [-0.25, -0.2) is 4.68 Å². The van der Waals surface area contributed by atoms with Crippen LogP contribution in [0.4, 0.5) is 24.5 Å². The number of nitrogens with zero attached hydrogens (tertiary/aromatic N) is 3. The van der Waals surface area contributed by atoms with E-state index in [9.17, 15) is 22.8 Å². The predicted octanol–water partition coefficient (Wildman–Crippen LogP) is 3.54. The Kier molecular flexibility index (Phi) is 5.93. The smallest absolute Gasteiger partial charge is 0.369 e. The molecule has 1 aliphatic heterocycles. The van der Waals surface area contributed by atoms with Gasteiger partial charge in [0.2, 0.25) is 5.91 Å². The first kappa shape index (κ1) is 20.2. The Hall–Kier alpha value is -2.55. The second-order valence-corrected chi connectivity index (χ2v) is 6.86. The fraction of sp³-hybridized carbons (Fsp3) is 0.389. The minimum atomic E-state index is -4.52. The van der Waals surface area contributed by atoms with Crippen LogP contribution in [-0.2, 0) is 17.5 Å². The van der Waals surface area contributed by atoms with E-state index >= 15 is 0 Å². The number of hydrogen-bond acceptors (Lipinski definition) is 4. The van der Waals surface area contributed by atoms with Crippen LogP contribution in [0.2, 0.25) is 5.02 Å². The Morgan fingerprint density at radius 1 is 1.21 bits per heavy atom. The van der Waals surface area contributed by atoms with Crippen LogP contribution >= 0.6 is 11.6 Å². The van der Waals surface area contributed by atoms with Gasteiger partial charge in [0.05, 0.1) is 17.4 Å². The summed E-state index contributed by atoms with van der Waals surface area (Å²) in [5, 5.41) is 6.30. The van der Waals surface area contributed by atoms with E-state index in [1.807, 2.05) is 4.90 Å². The van der Waals surface area contributed by atoms with Gasteiger partial charge >= 0.3 is 6.18 Å². The molecule has 1 fully saturated rings. The Balaban J connectivity index is 1.72. The Labute approximate surface area is 163 Å². The molecule has 3 rings (SSSR count). The van der Waals surface area contributed by atoms with Crippen LogP contribution in [0.1, 0.15) is 24.8 Å². The zero-order valence-corrected chi connectivity index (χ0v) is 15.6. The number of nitrogens with one attached hydrogen (secondary N) is 1. The number of piperidine rings is 1. The second kappa shape index (κ2) is 8.22. The average Bonchev–Trinajstić information content (AvgIpc) is 2.66. The molecule has 2 aromatic rings. The van der Waals surface area contributed by atoms with Crippen LogP contribution in [0.5, 0.6) is 0 Å². The third-order valence-electron chi connectivity index (χ3n) is 4.43. The third kappa shape index (κ3) is 4.64. The van der Waals surface area contributed by atoms with Gasteiger partial charge in [-0.2, -0.15) is 18.3 Å². The summed E-state index contributed by atoms with van der Waals surface area (Å²) in [7, 11) is 0. The van der Waals surface area contributed by atoms with E-state index in [-0.39, 0.29) is 10.7 Å². The number of carbonyl (C=O) groups excluding carboxylic acids is 1. The van der Waals surface area contributed by atoms with E-state index in [4.69, 9.17) is 11.6 Å². The number of hydrogen-bond donors (Lipinski definition) is 1. The molecule has 28 heavy (non-hydrogen) atoms. The molecule has 0 saturated carbocycles. The summed E-state index contributed by atoms with van der Waals surface area (Å²) in [6.07, 6.45) is 0.0373. The number of benzene rings is 1. The average molecular weight is 415 g/mol. The Morgan fingerprint density at radius 3 is 2.61 bits per heavy atom. The molecule has 10 heteroatoms. The molecule has 1 aromatic heterocycles. The SMILES string of the molecule is O=C(Cn1ncc(N2CCCCC2)c(Cl)c1=O)Nc1cccc(C(F)(F)F)c1. The van der Waals surface area contributed by atoms with Crippen molar-refractivity contribution in [2.75, 3.05) is 23.3 Å². The normalized spacial score (nSPS) is 14.8. The van der Waals surface area contributed by atoms with E-state index in [0.717, 1.165) is 49.2 Å². The maximum absolute atomic E-state index is 12.8. The lowest BCUT2D eigenvalue weighted by Crippen LogP contribution is -2.34. The van der Waals surface area contributed by atoms with Crippen LogP contribution in [0.15, 0.2) is 35.3 Å². The van der Waals surface area contributed by atoms with E-state index in [1.54, 1.807) is 0 Å². The highest BCUT2D eigenvalue weighted by Gasteiger charge is 2.30. The number of anilines is 2. The van der Waals surface area contributed by atoms with Gasteiger partial charge in [-0.1, -0.05) is 17.7 Å². The number of amides is 1. The highest BCUT2D eigenvalue weighted by molar-refractivity contribution is 6.33. The van der Waals surface area contributed by atoms with Crippen LogP contribution < -0.4 is 15.8 Å². The molecule has 0 radical (unpaired) electrons. The van der Waals surface area contributed by atoms with E-state index in [0.29, 0.717) is 5.69 Å². The summed E-state index contributed by atoms with van der Waals surface area (Å²) in [6.45, 7) is 1.09. The molecule has 0 spiro atoms. The minimum absolute atomic E-state index is 0.0242.